The highest BCUT2D eigenvalue weighted by Gasteiger charge is 2.08. The van der Waals surface area contributed by atoms with Crippen LogP contribution in [0.2, 0.25) is 0 Å². The quantitative estimate of drug-likeness (QED) is 0.914. The zero-order valence-electron chi connectivity index (χ0n) is 12.6. The van der Waals surface area contributed by atoms with Crippen molar-refractivity contribution in [1.29, 1.82) is 0 Å². The minimum absolute atomic E-state index is 0.175. The van der Waals surface area contributed by atoms with Crippen LogP contribution in [-0.2, 0) is 6.54 Å². The van der Waals surface area contributed by atoms with Crippen LogP contribution in [0.1, 0.15) is 41.4 Å². The fourth-order valence-electron chi connectivity index (χ4n) is 2.02. The monoisotopic (exact) mass is 284 g/mol. The van der Waals surface area contributed by atoms with Crippen LogP contribution in [0.15, 0.2) is 36.7 Å². The normalized spacial score (nSPS) is 10.7. The Bertz CT molecular complexity index is 622. The topological polar surface area (TPSA) is 72.1 Å². The van der Waals surface area contributed by atoms with E-state index >= 15 is 0 Å². The number of aromatic nitrogens is 2. The highest BCUT2D eigenvalue weighted by molar-refractivity contribution is 5.90. The minimum Gasteiger partial charge on any atom is -0.364 e. The van der Waals surface area contributed by atoms with Crippen LogP contribution in [0.25, 0.3) is 0 Å². The second-order valence-electron chi connectivity index (χ2n) is 5.38. The lowest BCUT2D eigenvalue weighted by molar-refractivity contribution is 0.0995. The second-order valence-corrected chi connectivity index (χ2v) is 5.38. The first-order valence-electron chi connectivity index (χ1n) is 6.89. The molecule has 0 atom stereocenters. The van der Waals surface area contributed by atoms with E-state index < -0.39 is 5.91 Å². The summed E-state index contributed by atoms with van der Waals surface area (Å²) in [7, 11) is 1.91. The Balaban J connectivity index is 2.12. The molecule has 0 saturated carbocycles. The van der Waals surface area contributed by atoms with Gasteiger partial charge in [-0.1, -0.05) is 38.1 Å². The fraction of sp³-hybridized carbons (Fsp3) is 0.312. The highest BCUT2D eigenvalue weighted by atomic mass is 16.1. The SMILES string of the molecule is CC(C)c1ccc(CN(C)c2cncc(C(N)=O)n2)cc1. The van der Waals surface area contributed by atoms with Gasteiger partial charge in [-0.05, 0) is 17.0 Å². The zero-order valence-corrected chi connectivity index (χ0v) is 12.6. The molecule has 2 aromatic rings. The number of benzene rings is 1. The number of amides is 1. The van der Waals surface area contributed by atoms with Gasteiger partial charge in [0.2, 0.25) is 0 Å². The first-order chi connectivity index (χ1) is 9.97. The van der Waals surface area contributed by atoms with E-state index in [1.807, 2.05) is 11.9 Å². The second kappa shape index (κ2) is 6.35. The molecule has 0 radical (unpaired) electrons. The van der Waals surface area contributed by atoms with Crippen molar-refractivity contribution < 1.29 is 4.79 Å². The predicted octanol–water partition coefficient (Wildman–Crippen LogP) is 2.34. The van der Waals surface area contributed by atoms with Crippen molar-refractivity contribution in [2.75, 3.05) is 11.9 Å². The van der Waals surface area contributed by atoms with Gasteiger partial charge in [0.15, 0.2) is 0 Å². The van der Waals surface area contributed by atoms with Gasteiger partial charge in [-0.15, -0.1) is 0 Å². The van der Waals surface area contributed by atoms with Gasteiger partial charge in [0.05, 0.1) is 12.4 Å². The maximum Gasteiger partial charge on any atom is 0.268 e. The number of hydrogen-bond donors (Lipinski definition) is 1. The van der Waals surface area contributed by atoms with E-state index in [-0.39, 0.29) is 5.69 Å². The van der Waals surface area contributed by atoms with Crippen molar-refractivity contribution in [3.05, 3.63) is 53.5 Å². The predicted molar refractivity (Wildman–Crippen MR) is 83.2 cm³/mol. The number of carbonyl (C=O) groups is 1. The first-order valence-corrected chi connectivity index (χ1v) is 6.89. The van der Waals surface area contributed by atoms with E-state index in [2.05, 4.69) is 48.1 Å². The van der Waals surface area contributed by atoms with Gasteiger partial charge in [0, 0.05) is 13.6 Å². The summed E-state index contributed by atoms with van der Waals surface area (Å²) in [6.45, 7) is 5.04. The lowest BCUT2D eigenvalue weighted by Gasteiger charge is -2.18. The molecular weight excluding hydrogens is 264 g/mol. The molecule has 0 aliphatic carbocycles. The number of nitrogens with two attached hydrogens (primary N) is 1. The van der Waals surface area contributed by atoms with E-state index in [1.165, 1.54) is 17.3 Å². The third kappa shape index (κ3) is 3.78. The average molecular weight is 284 g/mol. The molecule has 0 unspecified atom stereocenters. The molecule has 2 rings (SSSR count). The average Bonchev–Trinajstić information content (AvgIpc) is 2.48. The molecule has 2 N–H and O–H groups in total. The van der Waals surface area contributed by atoms with Gasteiger partial charge < -0.3 is 10.6 Å². The van der Waals surface area contributed by atoms with Crippen LogP contribution in [0, 0.1) is 0 Å². The molecule has 0 aliphatic rings. The summed E-state index contributed by atoms with van der Waals surface area (Å²) in [5.41, 5.74) is 7.89. The van der Waals surface area contributed by atoms with E-state index in [4.69, 9.17) is 5.73 Å². The molecular formula is C16H20N4O. The fourth-order valence-corrected chi connectivity index (χ4v) is 2.02. The van der Waals surface area contributed by atoms with Gasteiger partial charge in [-0.2, -0.15) is 0 Å². The Kier molecular flexibility index (Phi) is 4.52. The van der Waals surface area contributed by atoms with Gasteiger partial charge in [0.25, 0.3) is 5.91 Å². The lowest BCUT2D eigenvalue weighted by atomic mass is 10.0. The van der Waals surface area contributed by atoms with Gasteiger partial charge in [-0.3, -0.25) is 9.78 Å². The first kappa shape index (κ1) is 15.0. The number of anilines is 1. The largest absolute Gasteiger partial charge is 0.364 e. The summed E-state index contributed by atoms with van der Waals surface area (Å²) in [5.74, 6) is 0.577. The van der Waals surface area contributed by atoms with Crippen LogP contribution in [0.4, 0.5) is 5.82 Å². The molecule has 1 heterocycles. The van der Waals surface area contributed by atoms with E-state index in [9.17, 15) is 4.79 Å². The maximum absolute atomic E-state index is 11.1. The minimum atomic E-state index is -0.570. The van der Waals surface area contributed by atoms with Gasteiger partial charge in [0.1, 0.15) is 11.5 Å². The van der Waals surface area contributed by atoms with E-state index in [0.29, 0.717) is 18.3 Å². The summed E-state index contributed by atoms with van der Waals surface area (Å²) in [6, 6.07) is 8.49. The van der Waals surface area contributed by atoms with Crippen molar-refractivity contribution in [3.63, 3.8) is 0 Å². The van der Waals surface area contributed by atoms with Crippen LogP contribution >= 0.6 is 0 Å². The van der Waals surface area contributed by atoms with Crippen molar-refractivity contribution in [2.24, 2.45) is 5.73 Å². The summed E-state index contributed by atoms with van der Waals surface area (Å²) in [5, 5.41) is 0. The molecule has 21 heavy (non-hydrogen) atoms. The molecule has 0 fully saturated rings. The summed E-state index contributed by atoms with van der Waals surface area (Å²) in [4.78, 5) is 21.3. The Morgan fingerprint density at radius 1 is 1.24 bits per heavy atom. The molecule has 5 heteroatoms. The molecule has 0 spiro atoms. The lowest BCUT2D eigenvalue weighted by Crippen LogP contribution is -2.20. The number of carbonyl (C=O) groups excluding carboxylic acids is 1. The maximum atomic E-state index is 11.1. The number of rotatable bonds is 5. The molecule has 110 valence electrons. The summed E-state index contributed by atoms with van der Waals surface area (Å²) >= 11 is 0. The highest BCUT2D eigenvalue weighted by Crippen LogP contribution is 2.17. The van der Waals surface area contributed by atoms with E-state index in [0.717, 1.165) is 0 Å². The summed E-state index contributed by atoms with van der Waals surface area (Å²) in [6.07, 6.45) is 2.99. The van der Waals surface area contributed by atoms with Gasteiger partial charge >= 0.3 is 0 Å². The molecule has 1 amide bonds. The molecule has 0 saturated heterocycles. The number of nitrogens with zero attached hydrogens (tertiary/aromatic N) is 3. The zero-order chi connectivity index (χ0) is 15.4. The van der Waals surface area contributed by atoms with Gasteiger partial charge in [-0.25, -0.2) is 4.98 Å². The molecule has 1 aromatic carbocycles. The Labute approximate surface area is 124 Å². The van der Waals surface area contributed by atoms with Crippen molar-refractivity contribution >= 4 is 11.7 Å². The third-order valence-corrected chi connectivity index (χ3v) is 3.33. The Morgan fingerprint density at radius 2 is 1.90 bits per heavy atom. The van der Waals surface area contributed by atoms with E-state index in [1.54, 1.807) is 6.20 Å². The molecule has 1 aromatic heterocycles. The van der Waals surface area contributed by atoms with Crippen molar-refractivity contribution in [3.8, 4) is 0 Å². The standard InChI is InChI=1S/C16H20N4O/c1-11(2)13-6-4-12(5-7-13)10-20(3)15-9-18-8-14(19-15)16(17)21/h4-9,11H,10H2,1-3H3,(H2,17,21). The van der Waals surface area contributed by atoms with Crippen LogP contribution < -0.4 is 10.6 Å². The Morgan fingerprint density at radius 3 is 2.48 bits per heavy atom. The molecule has 0 bridgehead atoms. The van der Waals surface area contributed by atoms with Crippen LogP contribution in [0.5, 0.6) is 0 Å². The summed E-state index contributed by atoms with van der Waals surface area (Å²) < 4.78 is 0. The van der Waals surface area contributed by atoms with Crippen molar-refractivity contribution in [1.82, 2.24) is 9.97 Å². The number of hydrogen-bond acceptors (Lipinski definition) is 4. The third-order valence-electron chi connectivity index (χ3n) is 3.33. The van der Waals surface area contributed by atoms with Crippen molar-refractivity contribution in [2.45, 2.75) is 26.3 Å². The van der Waals surface area contributed by atoms with Crippen LogP contribution in [0.3, 0.4) is 0 Å². The van der Waals surface area contributed by atoms with Crippen LogP contribution in [-0.4, -0.2) is 22.9 Å². The molecule has 0 aliphatic heterocycles. The number of primary amides is 1. The molecule has 5 nitrogen and oxygen atoms in total. The Hall–Kier alpha value is -2.43. The smallest absolute Gasteiger partial charge is 0.268 e.